The van der Waals surface area contributed by atoms with Gasteiger partial charge < -0.3 is 0 Å². The monoisotopic (exact) mass is 558 g/mol. The normalized spacial score (nSPS) is 9.50. The number of benzene rings is 3. The molecule has 3 aromatic carbocycles. The fourth-order valence-corrected chi connectivity index (χ4v) is 3.75. The second-order valence-corrected chi connectivity index (χ2v) is 11.1. The van der Waals surface area contributed by atoms with Crippen LogP contribution in [0.25, 0.3) is 0 Å². The average Bonchev–Trinajstić information content (AvgIpc) is 2.69. The van der Waals surface area contributed by atoms with E-state index in [4.69, 9.17) is 0 Å². The highest BCUT2D eigenvalue weighted by Crippen LogP contribution is 2.13. The lowest BCUT2D eigenvalue weighted by atomic mass is 10.2. The third-order valence-electron chi connectivity index (χ3n) is 4.06. The van der Waals surface area contributed by atoms with Crippen LogP contribution in [-0.4, -0.2) is 31.4 Å². The van der Waals surface area contributed by atoms with Gasteiger partial charge >= 0.3 is 0 Å². The summed E-state index contributed by atoms with van der Waals surface area (Å²) in [5, 5.41) is 0. The first-order valence-corrected chi connectivity index (χ1v) is 14.0. The van der Waals surface area contributed by atoms with Gasteiger partial charge in [0, 0.05) is 33.1 Å². The molecule has 0 fully saturated rings. The van der Waals surface area contributed by atoms with Crippen molar-refractivity contribution in [2.24, 2.45) is 0 Å². The maximum Gasteiger partial charge on any atom is 0.175 e. The molecule has 0 aromatic heterocycles. The Balaban J connectivity index is -0.0000000868. The Kier molecular flexibility index (Phi) is 30.9. The molecule has 0 saturated heterocycles. The van der Waals surface area contributed by atoms with Gasteiger partial charge in [-0.05, 0) is 63.4 Å². The second-order valence-electron chi connectivity index (χ2n) is 6.87. The lowest BCUT2D eigenvalue weighted by Gasteiger charge is -1.96. The Hall–Kier alpha value is -1.89. The van der Waals surface area contributed by atoms with Gasteiger partial charge in [-0.2, -0.15) is 0 Å². The molecule has 0 amide bonds. The maximum atomic E-state index is 10.9. The highest BCUT2D eigenvalue weighted by atomic mass is 32.2. The number of hydrogen-bond donors (Lipinski definition) is 0. The number of sulfone groups is 1. The van der Waals surface area contributed by atoms with Crippen LogP contribution < -0.4 is 0 Å². The summed E-state index contributed by atoms with van der Waals surface area (Å²) >= 11 is 1.78. The molecule has 210 valence electrons. The summed E-state index contributed by atoms with van der Waals surface area (Å²) in [6, 6.07) is 23.1. The third kappa shape index (κ3) is 19.3. The van der Waals surface area contributed by atoms with Crippen LogP contribution in [0.4, 0.5) is 0 Å². The van der Waals surface area contributed by atoms with Gasteiger partial charge in [0.05, 0.1) is 4.90 Å². The molecule has 3 aromatic rings. The molecule has 1 atom stereocenters. The van der Waals surface area contributed by atoms with Crippen molar-refractivity contribution in [1.82, 2.24) is 0 Å². The Morgan fingerprint density at radius 3 is 1.19 bits per heavy atom. The van der Waals surface area contributed by atoms with Crippen molar-refractivity contribution >= 4 is 32.4 Å². The minimum Gasteiger partial charge on any atom is -0.255 e. The molecule has 0 spiro atoms. The molecule has 3 nitrogen and oxygen atoms in total. The maximum absolute atomic E-state index is 10.9. The molecular formula is C30H54O3S3. The molecule has 0 saturated carbocycles. The van der Waals surface area contributed by atoms with E-state index < -0.39 is 20.6 Å². The van der Waals surface area contributed by atoms with Crippen LogP contribution in [-0.2, 0) is 20.6 Å². The van der Waals surface area contributed by atoms with E-state index in [1.54, 1.807) is 42.3 Å². The Labute approximate surface area is 232 Å². The van der Waals surface area contributed by atoms with Crippen molar-refractivity contribution in [1.29, 1.82) is 0 Å². The van der Waals surface area contributed by atoms with Crippen LogP contribution in [0.1, 0.15) is 61.3 Å². The van der Waals surface area contributed by atoms with E-state index in [0.29, 0.717) is 4.90 Å². The zero-order valence-electron chi connectivity index (χ0n) is 18.4. The summed E-state index contributed by atoms with van der Waals surface area (Å²) in [5.41, 5.74) is 3.60. The van der Waals surface area contributed by atoms with Crippen LogP contribution in [0.3, 0.4) is 0 Å². The average molecular weight is 559 g/mol. The Bertz CT molecular complexity index is 1020. The van der Waals surface area contributed by atoms with E-state index in [9.17, 15) is 12.6 Å². The van der Waals surface area contributed by atoms with Crippen LogP contribution in [0, 0.1) is 20.8 Å². The van der Waals surface area contributed by atoms with Gasteiger partial charge in [0.25, 0.3) is 0 Å². The van der Waals surface area contributed by atoms with Crippen LogP contribution in [0.2, 0.25) is 0 Å². The summed E-state index contributed by atoms with van der Waals surface area (Å²) in [7, 11) is -3.86. The van der Waals surface area contributed by atoms with E-state index in [1.165, 1.54) is 22.3 Å². The molecule has 6 heteroatoms. The van der Waals surface area contributed by atoms with E-state index in [0.717, 1.165) is 10.5 Å². The summed E-state index contributed by atoms with van der Waals surface area (Å²) in [5.74, 6) is 0. The topological polar surface area (TPSA) is 51.2 Å². The predicted octanol–water partition coefficient (Wildman–Crippen LogP) is 9.66. The van der Waals surface area contributed by atoms with Gasteiger partial charge in [-0.3, -0.25) is 4.21 Å². The Morgan fingerprint density at radius 2 is 0.917 bits per heavy atom. The number of aryl methyl sites for hydroxylation is 3. The highest BCUT2D eigenvalue weighted by molar-refractivity contribution is 7.98. The fourth-order valence-electron chi connectivity index (χ4n) is 2.19. The minimum absolute atomic E-state index is 0. The zero-order chi connectivity index (χ0) is 22.7. The first kappa shape index (κ1) is 47.3. The predicted molar refractivity (Wildman–Crippen MR) is 171 cm³/mol. The van der Waals surface area contributed by atoms with Crippen molar-refractivity contribution in [2.75, 3.05) is 18.8 Å². The van der Waals surface area contributed by atoms with Crippen LogP contribution >= 0.6 is 11.8 Å². The first-order chi connectivity index (χ1) is 14.0. The van der Waals surface area contributed by atoms with Gasteiger partial charge in [0.2, 0.25) is 0 Å². The van der Waals surface area contributed by atoms with Crippen molar-refractivity contribution in [3.8, 4) is 0 Å². The van der Waals surface area contributed by atoms with Crippen LogP contribution in [0.15, 0.2) is 87.5 Å². The molecule has 36 heavy (non-hydrogen) atoms. The number of thioether (sulfide) groups is 1. The third-order valence-corrected chi connectivity index (χ3v) is 6.87. The van der Waals surface area contributed by atoms with Crippen molar-refractivity contribution in [3.05, 3.63) is 89.5 Å². The quantitative estimate of drug-likeness (QED) is 0.300. The summed E-state index contributed by atoms with van der Waals surface area (Å²) in [6.07, 6.45) is 4.98. The molecule has 1 unspecified atom stereocenters. The number of rotatable bonds is 3. The van der Waals surface area contributed by atoms with Crippen LogP contribution in [0.5, 0.6) is 0 Å². The van der Waals surface area contributed by atoms with E-state index in [-0.39, 0.29) is 44.6 Å². The second kappa shape index (κ2) is 23.5. The molecule has 0 radical (unpaired) electrons. The first-order valence-electron chi connectivity index (χ1n) is 9.30. The molecular weight excluding hydrogens is 505 g/mol. The molecule has 0 bridgehead atoms. The lowest BCUT2D eigenvalue weighted by Crippen LogP contribution is -1.95. The van der Waals surface area contributed by atoms with Gasteiger partial charge in [-0.25, -0.2) is 8.42 Å². The zero-order valence-corrected chi connectivity index (χ0v) is 20.8. The largest absolute Gasteiger partial charge is 0.255 e. The van der Waals surface area contributed by atoms with E-state index in [1.807, 2.05) is 38.1 Å². The molecule has 3 rings (SSSR count). The van der Waals surface area contributed by atoms with Gasteiger partial charge in [-0.1, -0.05) is 97.6 Å². The molecule has 0 aliphatic carbocycles. The number of hydrogen-bond acceptors (Lipinski definition) is 4. The van der Waals surface area contributed by atoms with Crippen molar-refractivity contribution in [2.45, 2.75) is 80.0 Å². The summed E-state index contributed by atoms with van der Waals surface area (Å²) in [4.78, 5) is 2.61. The van der Waals surface area contributed by atoms with Crippen molar-refractivity contribution in [3.63, 3.8) is 0 Å². The summed E-state index contributed by atoms with van der Waals surface area (Å²) in [6.45, 7) is 6.04. The van der Waals surface area contributed by atoms with E-state index >= 15 is 0 Å². The minimum atomic E-state index is -3.02. The standard InChI is InChI=1S/C8H10O2S.C8H10OS.C8H10S.6CH4/c1-7-3-5-8(6-4-7)11(2,9)10;1-7-3-5-8(6-4-7)10(2)9;1-7-3-5-8(9-2)6-4-7;;;;;;/h3-6H,1-2H3;3-6H,1-2H3;3-6H,1-2H3;6*1H4. The molecule has 0 heterocycles. The van der Waals surface area contributed by atoms with E-state index in [2.05, 4.69) is 37.4 Å². The van der Waals surface area contributed by atoms with Gasteiger partial charge in [0.1, 0.15) is 0 Å². The highest BCUT2D eigenvalue weighted by Gasteiger charge is 2.04. The summed E-state index contributed by atoms with van der Waals surface area (Å²) < 4.78 is 32.8. The molecule has 0 aliphatic heterocycles. The van der Waals surface area contributed by atoms with Gasteiger partial charge in [-0.15, -0.1) is 11.8 Å². The molecule has 0 N–H and O–H groups in total. The fraction of sp³-hybridized carbons (Fsp3) is 0.400. The molecule has 0 aliphatic rings. The van der Waals surface area contributed by atoms with Crippen molar-refractivity contribution < 1.29 is 12.6 Å². The Morgan fingerprint density at radius 1 is 0.611 bits per heavy atom. The lowest BCUT2D eigenvalue weighted by molar-refractivity contribution is 0.602. The smallest absolute Gasteiger partial charge is 0.175 e. The van der Waals surface area contributed by atoms with Gasteiger partial charge in [0.15, 0.2) is 9.84 Å². The SMILES string of the molecule is C.C.C.C.C.C.CSc1ccc(C)cc1.Cc1ccc(S(C)(=O)=O)cc1.Cc1ccc(S(C)=O)cc1.